The Balaban J connectivity index is 2.83. The van der Waals surface area contributed by atoms with Crippen LogP contribution in [0.25, 0.3) is 0 Å². The van der Waals surface area contributed by atoms with Gasteiger partial charge in [-0.1, -0.05) is 12.1 Å². The first kappa shape index (κ1) is 13.5. The van der Waals surface area contributed by atoms with Gasteiger partial charge in [-0.15, -0.1) is 0 Å². The van der Waals surface area contributed by atoms with Gasteiger partial charge in [-0.2, -0.15) is 0 Å². The van der Waals surface area contributed by atoms with E-state index in [1.165, 1.54) is 6.07 Å². The van der Waals surface area contributed by atoms with Crippen molar-refractivity contribution in [1.82, 2.24) is 5.32 Å². The van der Waals surface area contributed by atoms with Crippen molar-refractivity contribution in [2.24, 2.45) is 4.99 Å². The maximum atomic E-state index is 13.5. The summed E-state index contributed by atoms with van der Waals surface area (Å²) in [5, 5.41) is 6.13. The number of hydrogen-bond acceptors (Lipinski definition) is 1. The van der Waals surface area contributed by atoms with Crippen LogP contribution in [0.2, 0.25) is 0 Å². The Kier molecular flexibility index (Phi) is 4.94. The van der Waals surface area contributed by atoms with Crippen LogP contribution in [-0.2, 0) is 0 Å². The molecule has 0 amide bonds. The molecule has 0 saturated heterocycles. The van der Waals surface area contributed by atoms with Crippen LogP contribution >= 0.6 is 0 Å². The molecule has 0 bridgehead atoms. The van der Waals surface area contributed by atoms with Gasteiger partial charge in [-0.25, -0.2) is 4.39 Å². The van der Waals surface area contributed by atoms with E-state index in [1.807, 2.05) is 27.7 Å². The van der Waals surface area contributed by atoms with Gasteiger partial charge in [0, 0.05) is 12.1 Å². The molecule has 0 radical (unpaired) electrons. The van der Waals surface area contributed by atoms with Gasteiger partial charge in [0.2, 0.25) is 0 Å². The number of rotatable bonds is 3. The fourth-order valence-corrected chi connectivity index (χ4v) is 1.33. The van der Waals surface area contributed by atoms with E-state index in [0.29, 0.717) is 11.6 Å². The van der Waals surface area contributed by atoms with Crippen molar-refractivity contribution in [3.05, 3.63) is 30.1 Å². The van der Waals surface area contributed by atoms with E-state index in [9.17, 15) is 4.39 Å². The second kappa shape index (κ2) is 6.23. The number of halogens is 1. The molecule has 1 rings (SSSR count). The number of hydrogen-bond donors (Lipinski definition) is 2. The second-order valence-electron chi connectivity index (χ2n) is 4.48. The van der Waals surface area contributed by atoms with Gasteiger partial charge in [0.05, 0.1) is 5.69 Å². The third-order valence-electron chi connectivity index (χ3n) is 1.94. The molecule has 0 heterocycles. The number of benzene rings is 1. The number of nitrogens with zero attached hydrogens (tertiary/aromatic N) is 1. The Morgan fingerprint density at radius 3 is 2.35 bits per heavy atom. The standard InChI is InChI=1S/C13H20FN3/c1-9(2)15-13(16-10(3)4)17-12-8-6-5-7-11(12)14/h5-10H,1-4H3,(H2,15,16,17). The van der Waals surface area contributed by atoms with E-state index < -0.39 is 0 Å². The van der Waals surface area contributed by atoms with Gasteiger partial charge in [-0.05, 0) is 39.8 Å². The second-order valence-corrected chi connectivity index (χ2v) is 4.48. The Morgan fingerprint density at radius 1 is 1.18 bits per heavy atom. The molecule has 1 aromatic rings. The van der Waals surface area contributed by atoms with E-state index >= 15 is 0 Å². The predicted molar refractivity (Wildman–Crippen MR) is 70.9 cm³/mol. The van der Waals surface area contributed by atoms with Gasteiger partial charge < -0.3 is 10.6 Å². The summed E-state index contributed by atoms with van der Waals surface area (Å²) in [6, 6.07) is 6.95. The third-order valence-corrected chi connectivity index (χ3v) is 1.94. The van der Waals surface area contributed by atoms with Crippen molar-refractivity contribution in [2.45, 2.75) is 39.8 Å². The summed E-state index contributed by atoms with van der Waals surface area (Å²) in [6.07, 6.45) is 0. The molecule has 0 aliphatic carbocycles. The van der Waals surface area contributed by atoms with E-state index in [0.717, 1.165) is 0 Å². The summed E-state index contributed by atoms with van der Waals surface area (Å²) < 4.78 is 13.5. The molecule has 0 fully saturated rings. The van der Waals surface area contributed by atoms with E-state index in [4.69, 9.17) is 0 Å². The van der Waals surface area contributed by atoms with Crippen molar-refractivity contribution in [2.75, 3.05) is 5.32 Å². The lowest BCUT2D eigenvalue weighted by molar-refractivity contribution is 0.631. The first-order chi connectivity index (χ1) is 7.99. The van der Waals surface area contributed by atoms with E-state index in [-0.39, 0.29) is 17.9 Å². The molecule has 0 atom stereocenters. The molecular formula is C13H20FN3. The first-order valence-corrected chi connectivity index (χ1v) is 5.85. The molecule has 17 heavy (non-hydrogen) atoms. The average molecular weight is 237 g/mol. The summed E-state index contributed by atoms with van der Waals surface area (Å²) in [5.74, 6) is 0.314. The predicted octanol–water partition coefficient (Wildman–Crippen LogP) is 3.00. The van der Waals surface area contributed by atoms with Crippen molar-refractivity contribution in [3.8, 4) is 0 Å². The monoisotopic (exact) mass is 237 g/mol. The van der Waals surface area contributed by atoms with E-state index in [1.54, 1.807) is 18.2 Å². The molecule has 1 aromatic carbocycles. The summed E-state index contributed by atoms with van der Waals surface area (Å²) in [4.78, 5) is 4.38. The number of para-hydroxylation sites is 1. The smallest absolute Gasteiger partial charge is 0.196 e. The molecule has 4 heteroatoms. The first-order valence-electron chi connectivity index (χ1n) is 5.85. The quantitative estimate of drug-likeness (QED) is 0.626. The van der Waals surface area contributed by atoms with Crippen LogP contribution < -0.4 is 10.6 Å². The van der Waals surface area contributed by atoms with Gasteiger partial charge in [-0.3, -0.25) is 4.99 Å². The lowest BCUT2D eigenvalue weighted by Gasteiger charge is -2.16. The number of nitrogens with one attached hydrogen (secondary N) is 2. The highest BCUT2D eigenvalue weighted by atomic mass is 19.1. The highest BCUT2D eigenvalue weighted by Crippen LogP contribution is 2.12. The SMILES string of the molecule is CC(C)N=C(Nc1ccccc1F)NC(C)C. The lowest BCUT2D eigenvalue weighted by atomic mass is 10.3. The van der Waals surface area contributed by atoms with Crippen LogP contribution in [-0.4, -0.2) is 18.0 Å². The van der Waals surface area contributed by atoms with Crippen molar-refractivity contribution in [1.29, 1.82) is 0 Å². The molecule has 0 aliphatic rings. The van der Waals surface area contributed by atoms with Gasteiger partial charge in [0.25, 0.3) is 0 Å². The molecule has 0 aromatic heterocycles. The van der Waals surface area contributed by atoms with Crippen molar-refractivity contribution < 1.29 is 4.39 Å². The number of anilines is 1. The summed E-state index contributed by atoms with van der Waals surface area (Å²) in [6.45, 7) is 7.98. The Bertz CT molecular complexity index is 386. The Morgan fingerprint density at radius 2 is 1.82 bits per heavy atom. The molecule has 0 unspecified atom stereocenters. The molecule has 0 saturated carbocycles. The van der Waals surface area contributed by atoms with Crippen LogP contribution in [0.1, 0.15) is 27.7 Å². The van der Waals surface area contributed by atoms with Crippen molar-refractivity contribution >= 4 is 11.6 Å². The molecule has 0 aliphatic heterocycles. The Hall–Kier alpha value is -1.58. The minimum Gasteiger partial charge on any atom is -0.354 e. The van der Waals surface area contributed by atoms with Crippen LogP contribution in [0, 0.1) is 5.82 Å². The summed E-state index contributed by atoms with van der Waals surface area (Å²) >= 11 is 0. The zero-order valence-corrected chi connectivity index (χ0v) is 10.8. The molecule has 2 N–H and O–H groups in total. The fourth-order valence-electron chi connectivity index (χ4n) is 1.33. The largest absolute Gasteiger partial charge is 0.354 e. The number of aliphatic imine (C=N–C) groups is 1. The highest BCUT2D eigenvalue weighted by molar-refractivity contribution is 5.93. The topological polar surface area (TPSA) is 36.4 Å². The van der Waals surface area contributed by atoms with Crippen LogP contribution in [0.5, 0.6) is 0 Å². The highest BCUT2D eigenvalue weighted by Gasteiger charge is 2.06. The minimum atomic E-state index is -0.283. The van der Waals surface area contributed by atoms with E-state index in [2.05, 4.69) is 15.6 Å². The van der Waals surface area contributed by atoms with Crippen LogP contribution in [0.3, 0.4) is 0 Å². The third kappa shape index (κ3) is 4.85. The molecule has 3 nitrogen and oxygen atoms in total. The zero-order chi connectivity index (χ0) is 12.8. The van der Waals surface area contributed by atoms with Gasteiger partial charge >= 0.3 is 0 Å². The lowest BCUT2D eigenvalue weighted by Crippen LogP contribution is -2.36. The average Bonchev–Trinajstić information content (AvgIpc) is 2.19. The molecule has 0 spiro atoms. The zero-order valence-electron chi connectivity index (χ0n) is 10.8. The summed E-state index contributed by atoms with van der Waals surface area (Å²) in [7, 11) is 0. The maximum Gasteiger partial charge on any atom is 0.196 e. The molecule has 94 valence electrons. The number of guanidine groups is 1. The Labute approximate surface area is 102 Å². The maximum absolute atomic E-state index is 13.5. The van der Waals surface area contributed by atoms with Crippen LogP contribution in [0.4, 0.5) is 10.1 Å². The van der Waals surface area contributed by atoms with Gasteiger partial charge in [0.15, 0.2) is 5.96 Å². The summed E-state index contributed by atoms with van der Waals surface area (Å²) in [5.41, 5.74) is 0.431. The minimum absolute atomic E-state index is 0.149. The van der Waals surface area contributed by atoms with Gasteiger partial charge in [0.1, 0.15) is 5.82 Å². The van der Waals surface area contributed by atoms with Crippen LogP contribution in [0.15, 0.2) is 29.3 Å². The normalized spacial score (nSPS) is 12.1. The molecular weight excluding hydrogens is 217 g/mol. The fraction of sp³-hybridized carbons (Fsp3) is 0.462. The van der Waals surface area contributed by atoms with Crippen molar-refractivity contribution in [3.63, 3.8) is 0 Å².